The maximum absolute atomic E-state index is 13.5. The van der Waals surface area contributed by atoms with Gasteiger partial charge in [-0.1, -0.05) is 15.9 Å². The van der Waals surface area contributed by atoms with E-state index in [1.54, 1.807) is 6.07 Å². The van der Waals surface area contributed by atoms with Crippen LogP contribution in [0.25, 0.3) is 0 Å². The first-order valence-electron chi connectivity index (χ1n) is 5.63. The first-order valence-corrected chi connectivity index (χ1v) is 7.30. The number of anilines is 1. The third-order valence-electron chi connectivity index (χ3n) is 2.35. The number of halogens is 2. The molecule has 2 rings (SSSR count). The summed E-state index contributed by atoms with van der Waals surface area (Å²) in [5, 5.41) is 15.4. The van der Waals surface area contributed by atoms with E-state index in [9.17, 15) is 14.0 Å². The van der Waals surface area contributed by atoms with Crippen LogP contribution in [-0.4, -0.2) is 22.1 Å². The summed E-state index contributed by atoms with van der Waals surface area (Å²) in [7, 11) is 0. The number of benzene rings is 1. The van der Waals surface area contributed by atoms with Crippen LogP contribution in [-0.2, 0) is 6.54 Å². The third-order valence-corrected chi connectivity index (χ3v) is 3.69. The van der Waals surface area contributed by atoms with Gasteiger partial charge in [-0.15, -0.1) is 11.3 Å². The third kappa shape index (κ3) is 4.23. The number of thiazole rings is 1. The number of hydrogen-bond acceptors (Lipinski definition) is 4. The van der Waals surface area contributed by atoms with Gasteiger partial charge in [0.2, 0.25) is 0 Å². The van der Waals surface area contributed by atoms with Crippen molar-refractivity contribution in [1.29, 1.82) is 0 Å². The van der Waals surface area contributed by atoms with Crippen LogP contribution in [0.3, 0.4) is 0 Å². The number of nitrogens with one attached hydrogen (secondary N) is 2. The lowest BCUT2D eigenvalue weighted by atomic mass is 10.3. The lowest BCUT2D eigenvalue weighted by Gasteiger charge is -2.07. The van der Waals surface area contributed by atoms with Crippen LogP contribution in [0.2, 0.25) is 0 Å². The van der Waals surface area contributed by atoms with Crippen molar-refractivity contribution in [2.75, 3.05) is 5.32 Å². The smallest absolute Gasteiger partial charge is 0.355 e. The molecule has 0 saturated carbocycles. The van der Waals surface area contributed by atoms with E-state index < -0.39 is 17.8 Å². The Morgan fingerprint density at radius 1 is 1.43 bits per heavy atom. The topological polar surface area (TPSA) is 91.3 Å². The van der Waals surface area contributed by atoms with E-state index in [4.69, 9.17) is 5.11 Å². The summed E-state index contributed by atoms with van der Waals surface area (Å²) in [5.41, 5.74) is -0.0303. The van der Waals surface area contributed by atoms with E-state index in [0.29, 0.717) is 9.48 Å². The van der Waals surface area contributed by atoms with Crippen molar-refractivity contribution in [2.45, 2.75) is 6.54 Å². The summed E-state index contributed by atoms with van der Waals surface area (Å²) in [4.78, 5) is 26.1. The SMILES string of the molecule is O=C(NCc1nc(C(=O)O)cs1)Nc1ccc(Br)cc1F. The molecule has 6 nitrogen and oxygen atoms in total. The minimum atomic E-state index is -1.13. The molecule has 0 aliphatic carbocycles. The fraction of sp³-hybridized carbons (Fsp3) is 0.0833. The maximum Gasteiger partial charge on any atom is 0.355 e. The predicted octanol–water partition coefficient (Wildman–Crippen LogP) is 3.06. The molecule has 1 heterocycles. The molecule has 3 N–H and O–H groups in total. The van der Waals surface area contributed by atoms with Gasteiger partial charge in [-0.2, -0.15) is 0 Å². The lowest BCUT2D eigenvalue weighted by Crippen LogP contribution is -2.28. The molecule has 1 aromatic carbocycles. The average molecular weight is 374 g/mol. The zero-order valence-electron chi connectivity index (χ0n) is 10.4. The van der Waals surface area contributed by atoms with E-state index in [-0.39, 0.29) is 17.9 Å². The van der Waals surface area contributed by atoms with Crippen LogP contribution >= 0.6 is 27.3 Å². The van der Waals surface area contributed by atoms with E-state index in [1.807, 2.05) is 0 Å². The normalized spacial score (nSPS) is 10.2. The number of nitrogens with zero attached hydrogens (tertiary/aromatic N) is 1. The van der Waals surface area contributed by atoms with Crippen LogP contribution in [0, 0.1) is 5.82 Å². The first kappa shape index (κ1) is 15.4. The van der Waals surface area contributed by atoms with Gasteiger partial charge in [-0.05, 0) is 18.2 Å². The molecule has 2 amide bonds. The Hall–Kier alpha value is -2.00. The van der Waals surface area contributed by atoms with Gasteiger partial charge in [-0.25, -0.2) is 19.0 Å². The number of rotatable bonds is 4. The predicted molar refractivity (Wildman–Crippen MR) is 79.0 cm³/mol. The minimum absolute atomic E-state index is 0.0427. The second kappa shape index (κ2) is 6.64. The highest BCUT2D eigenvalue weighted by molar-refractivity contribution is 9.10. The molecule has 0 radical (unpaired) electrons. The number of urea groups is 1. The summed E-state index contributed by atoms with van der Waals surface area (Å²) < 4.78 is 14.1. The van der Waals surface area contributed by atoms with Gasteiger partial charge in [0, 0.05) is 9.85 Å². The fourth-order valence-corrected chi connectivity index (χ4v) is 2.44. The summed E-state index contributed by atoms with van der Waals surface area (Å²) in [6.07, 6.45) is 0. The molecule has 0 fully saturated rings. The molecule has 0 bridgehead atoms. The Balaban J connectivity index is 1.91. The summed E-state index contributed by atoms with van der Waals surface area (Å²) >= 11 is 4.23. The van der Waals surface area contributed by atoms with E-state index in [0.717, 1.165) is 11.3 Å². The highest BCUT2D eigenvalue weighted by Crippen LogP contribution is 2.19. The van der Waals surface area contributed by atoms with Gasteiger partial charge in [0.05, 0.1) is 12.2 Å². The molecule has 0 atom stereocenters. The van der Waals surface area contributed by atoms with E-state index in [2.05, 4.69) is 31.5 Å². The fourth-order valence-electron chi connectivity index (χ4n) is 1.40. The van der Waals surface area contributed by atoms with Crippen molar-refractivity contribution in [3.8, 4) is 0 Å². The Kier molecular flexibility index (Phi) is 4.86. The molecule has 0 saturated heterocycles. The molecule has 9 heteroatoms. The van der Waals surface area contributed by atoms with Gasteiger partial charge >= 0.3 is 12.0 Å². The van der Waals surface area contributed by atoms with Crippen LogP contribution in [0.5, 0.6) is 0 Å². The highest BCUT2D eigenvalue weighted by Gasteiger charge is 2.10. The molecular weight excluding hydrogens is 365 g/mol. The second-order valence-corrected chi connectivity index (χ2v) is 5.72. The van der Waals surface area contributed by atoms with Crippen molar-refractivity contribution in [3.05, 3.63) is 44.6 Å². The highest BCUT2D eigenvalue weighted by atomic mass is 79.9. The van der Waals surface area contributed by atoms with E-state index >= 15 is 0 Å². The molecule has 21 heavy (non-hydrogen) atoms. The van der Waals surface area contributed by atoms with Crippen molar-refractivity contribution in [1.82, 2.24) is 10.3 Å². The van der Waals surface area contributed by atoms with Crippen LogP contribution in [0.15, 0.2) is 28.1 Å². The average Bonchev–Trinajstić information content (AvgIpc) is 2.89. The molecule has 0 unspecified atom stereocenters. The lowest BCUT2D eigenvalue weighted by molar-refractivity contribution is 0.0691. The summed E-state index contributed by atoms with van der Waals surface area (Å²) in [5.74, 6) is -1.69. The van der Waals surface area contributed by atoms with Gasteiger partial charge < -0.3 is 15.7 Å². The van der Waals surface area contributed by atoms with Crippen molar-refractivity contribution >= 4 is 45.0 Å². The molecule has 2 aromatic rings. The molecular formula is C12H9BrFN3O3S. The number of carbonyl (C=O) groups excluding carboxylic acids is 1. The Labute approximate surface area is 131 Å². The summed E-state index contributed by atoms with van der Waals surface area (Å²) in [6, 6.07) is 3.64. The molecule has 110 valence electrons. The quantitative estimate of drug-likeness (QED) is 0.767. The number of hydrogen-bond donors (Lipinski definition) is 3. The van der Waals surface area contributed by atoms with Gasteiger partial charge in [-0.3, -0.25) is 0 Å². The van der Waals surface area contributed by atoms with Crippen LogP contribution in [0.1, 0.15) is 15.5 Å². The Bertz CT molecular complexity index is 692. The minimum Gasteiger partial charge on any atom is -0.476 e. The zero-order chi connectivity index (χ0) is 15.4. The first-order chi connectivity index (χ1) is 9.95. The molecule has 0 spiro atoms. The number of carbonyl (C=O) groups is 2. The largest absolute Gasteiger partial charge is 0.476 e. The van der Waals surface area contributed by atoms with Crippen molar-refractivity contribution in [2.24, 2.45) is 0 Å². The summed E-state index contributed by atoms with van der Waals surface area (Å²) in [6.45, 7) is 0.0575. The van der Waals surface area contributed by atoms with Crippen LogP contribution in [0.4, 0.5) is 14.9 Å². The van der Waals surface area contributed by atoms with Gasteiger partial charge in [0.15, 0.2) is 5.69 Å². The number of amides is 2. The van der Waals surface area contributed by atoms with Crippen molar-refractivity contribution < 1.29 is 19.1 Å². The second-order valence-electron chi connectivity index (χ2n) is 3.86. The monoisotopic (exact) mass is 373 g/mol. The standard InChI is InChI=1S/C12H9BrFN3O3S/c13-6-1-2-8(7(14)3-6)17-12(20)15-4-10-16-9(5-21-10)11(18)19/h1-3,5H,4H2,(H,18,19)(H2,15,17,20). The van der Waals surface area contributed by atoms with Crippen LogP contribution < -0.4 is 10.6 Å². The number of aromatic carboxylic acids is 1. The van der Waals surface area contributed by atoms with Gasteiger partial charge in [0.1, 0.15) is 10.8 Å². The Morgan fingerprint density at radius 2 is 2.19 bits per heavy atom. The molecule has 0 aliphatic heterocycles. The number of carboxylic acid groups (broad SMARTS) is 1. The molecule has 0 aliphatic rings. The van der Waals surface area contributed by atoms with Gasteiger partial charge in [0.25, 0.3) is 0 Å². The molecule has 1 aromatic heterocycles. The number of carboxylic acids is 1. The number of aromatic nitrogens is 1. The Morgan fingerprint density at radius 3 is 2.81 bits per heavy atom. The zero-order valence-corrected chi connectivity index (χ0v) is 12.8. The van der Waals surface area contributed by atoms with Crippen molar-refractivity contribution in [3.63, 3.8) is 0 Å². The maximum atomic E-state index is 13.5. The van der Waals surface area contributed by atoms with E-state index in [1.165, 1.54) is 17.5 Å².